The second-order valence-electron chi connectivity index (χ2n) is 5.33. The Morgan fingerprint density at radius 3 is 2.65 bits per heavy atom. The summed E-state index contributed by atoms with van der Waals surface area (Å²) in [6, 6.07) is 8.96. The number of hydrogen-bond acceptors (Lipinski definition) is 4. The highest BCUT2D eigenvalue weighted by Crippen LogP contribution is 2.39. The van der Waals surface area contributed by atoms with Crippen LogP contribution in [0, 0.1) is 5.82 Å². The molecule has 5 heteroatoms. The lowest BCUT2D eigenvalue weighted by Crippen LogP contribution is -2.19. The standard InChI is InChI=1S/C18H16FNO3/c1-2-9-23-15-8-7-14(19)16-17(15)20-10-13(18(16)22)11-3-5-12(21)6-4-11/h3-8,10,13,21H,2,9H2,1H3. The summed E-state index contributed by atoms with van der Waals surface area (Å²) in [5.41, 5.74) is 0.860. The van der Waals surface area contributed by atoms with E-state index in [4.69, 9.17) is 4.74 Å². The average Bonchev–Trinajstić information content (AvgIpc) is 2.55. The number of aromatic hydroxyl groups is 1. The van der Waals surface area contributed by atoms with Gasteiger partial charge in [0.1, 0.15) is 23.0 Å². The molecule has 0 radical (unpaired) electrons. The second-order valence-corrected chi connectivity index (χ2v) is 5.33. The van der Waals surface area contributed by atoms with E-state index in [0.29, 0.717) is 17.9 Å². The molecule has 23 heavy (non-hydrogen) atoms. The van der Waals surface area contributed by atoms with Crippen LogP contribution in [0.1, 0.15) is 35.2 Å². The quantitative estimate of drug-likeness (QED) is 0.928. The Kier molecular flexibility index (Phi) is 4.10. The topological polar surface area (TPSA) is 58.9 Å². The van der Waals surface area contributed by atoms with Gasteiger partial charge in [0, 0.05) is 6.21 Å². The minimum Gasteiger partial charge on any atom is -0.508 e. The van der Waals surface area contributed by atoms with Crippen LogP contribution in [0.2, 0.25) is 0 Å². The molecule has 0 fully saturated rings. The summed E-state index contributed by atoms with van der Waals surface area (Å²) in [4.78, 5) is 17.0. The zero-order valence-electron chi connectivity index (χ0n) is 12.6. The summed E-state index contributed by atoms with van der Waals surface area (Å²) in [6.45, 7) is 2.44. The Morgan fingerprint density at radius 1 is 1.22 bits per heavy atom. The van der Waals surface area contributed by atoms with Crippen molar-refractivity contribution in [2.24, 2.45) is 4.99 Å². The van der Waals surface area contributed by atoms with Crippen molar-refractivity contribution in [3.63, 3.8) is 0 Å². The fourth-order valence-corrected chi connectivity index (χ4v) is 2.53. The first kappa shape index (κ1) is 15.2. The van der Waals surface area contributed by atoms with Gasteiger partial charge in [-0.15, -0.1) is 0 Å². The average molecular weight is 313 g/mol. The van der Waals surface area contributed by atoms with Gasteiger partial charge in [-0.05, 0) is 36.2 Å². The Bertz CT molecular complexity index is 769. The van der Waals surface area contributed by atoms with Crippen molar-refractivity contribution in [2.75, 3.05) is 6.61 Å². The highest BCUT2D eigenvalue weighted by atomic mass is 19.1. The number of aliphatic imine (C=N–C) groups is 1. The van der Waals surface area contributed by atoms with Gasteiger partial charge in [-0.2, -0.15) is 0 Å². The number of rotatable bonds is 4. The molecule has 1 aliphatic heterocycles. The van der Waals surface area contributed by atoms with Crippen molar-refractivity contribution in [3.05, 3.63) is 53.3 Å². The van der Waals surface area contributed by atoms with E-state index in [0.717, 1.165) is 6.42 Å². The van der Waals surface area contributed by atoms with Gasteiger partial charge in [-0.25, -0.2) is 4.39 Å². The highest BCUT2D eigenvalue weighted by molar-refractivity contribution is 6.16. The summed E-state index contributed by atoms with van der Waals surface area (Å²) in [5.74, 6) is -1.11. The van der Waals surface area contributed by atoms with Crippen LogP contribution < -0.4 is 4.74 Å². The lowest BCUT2D eigenvalue weighted by Gasteiger charge is -2.20. The molecule has 2 aromatic carbocycles. The van der Waals surface area contributed by atoms with Crippen LogP contribution >= 0.6 is 0 Å². The number of phenols is 1. The molecule has 1 atom stereocenters. The zero-order valence-corrected chi connectivity index (χ0v) is 12.6. The van der Waals surface area contributed by atoms with Crippen LogP contribution in [0.5, 0.6) is 11.5 Å². The number of carbonyl (C=O) groups excluding carboxylic acids is 1. The SMILES string of the molecule is CCCOc1ccc(F)c2c1N=CC(c1ccc(O)cc1)C2=O. The van der Waals surface area contributed by atoms with E-state index in [9.17, 15) is 14.3 Å². The van der Waals surface area contributed by atoms with Gasteiger partial charge >= 0.3 is 0 Å². The summed E-state index contributed by atoms with van der Waals surface area (Å²) in [7, 11) is 0. The zero-order chi connectivity index (χ0) is 16.4. The molecule has 4 nitrogen and oxygen atoms in total. The van der Waals surface area contributed by atoms with Crippen LogP contribution in [0.3, 0.4) is 0 Å². The third-order valence-corrected chi connectivity index (χ3v) is 3.69. The third-order valence-electron chi connectivity index (χ3n) is 3.69. The number of benzene rings is 2. The Hall–Kier alpha value is -2.69. The van der Waals surface area contributed by atoms with Gasteiger partial charge in [0.15, 0.2) is 5.78 Å². The van der Waals surface area contributed by atoms with E-state index in [1.807, 2.05) is 6.92 Å². The number of fused-ring (bicyclic) bond motifs is 1. The number of carbonyl (C=O) groups is 1. The molecule has 2 aromatic rings. The van der Waals surface area contributed by atoms with Crippen LogP contribution in [-0.2, 0) is 0 Å². The van der Waals surface area contributed by atoms with E-state index in [1.54, 1.807) is 12.1 Å². The van der Waals surface area contributed by atoms with Crippen molar-refractivity contribution in [1.29, 1.82) is 0 Å². The number of nitrogens with zero attached hydrogens (tertiary/aromatic N) is 1. The first-order chi connectivity index (χ1) is 11.1. The monoisotopic (exact) mass is 313 g/mol. The number of halogens is 1. The minimum atomic E-state index is -0.668. The van der Waals surface area contributed by atoms with Crippen LogP contribution in [0.25, 0.3) is 0 Å². The lowest BCUT2D eigenvalue weighted by atomic mass is 9.88. The molecule has 0 bridgehead atoms. The molecule has 3 rings (SSSR count). The van der Waals surface area contributed by atoms with Crippen molar-refractivity contribution in [2.45, 2.75) is 19.3 Å². The highest BCUT2D eigenvalue weighted by Gasteiger charge is 2.31. The maximum absolute atomic E-state index is 14.2. The predicted molar refractivity (Wildman–Crippen MR) is 85.5 cm³/mol. The molecule has 0 saturated carbocycles. The molecule has 0 amide bonds. The molecule has 1 aliphatic rings. The third kappa shape index (κ3) is 2.82. The van der Waals surface area contributed by atoms with E-state index < -0.39 is 11.7 Å². The van der Waals surface area contributed by atoms with Gasteiger partial charge in [0.2, 0.25) is 0 Å². The smallest absolute Gasteiger partial charge is 0.180 e. The van der Waals surface area contributed by atoms with Crippen LogP contribution in [0.15, 0.2) is 41.4 Å². The Balaban J connectivity index is 2.02. The molecule has 1 heterocycles. The number of hydrogen-bond donors (Lipinski definition) is 1. The molecule has 0 spiro atoms. The van der Waals surface area contributed by atoms with Gasteiger partial charge in [-0.3, -0.25) is 9.79 Å². The Morgan fingerprint density at radius 2 is 1.96 bits per heavy atom. The molecular formula is C18H16FNO3. The van der Waals surface area contributed by atoms with Gasteiger partial charge in [0.25, 0.3) is 0 Å². The normalized spacial score (nSPS) is 16.3. The van der Waals surface area contributed by atoms with Gasteiger partial charge in [0.05, 0.1) is 18.1 Å². The summed E-state index contributed by atoms with van der Waals surface area (Å²) < 4.78 is 19.7. The fourth-order valence-electron chi connectivity index (χ4n) is 2.53. The molecule has 1 N–H and O–H groups in total. The van der Waals surface area contributed by atoms with Crippen molar-refractivity contribution in [3.8, 4) is 11.5 Å². The number of ether oxygens (including phenoxy) is 1. The van der Waals surface area contributed by atoms with Gasteiger partial charge < -0.3 is 9.84 Å². The molecule has 0 saturated heterocycles. The van der Waals surface area contributed by atoms with E-state index in [1.165, 1.54) is 30.5 Å². The first-order valence-electron chi connectivity index (χ1n) is 7.44. The predicted octanol–water partition coefficient (Wildman–Crippen LogP) is 4.00. The largest absolute Gasteiger partial charge is 0.508 e. The van der Waals surface area contributed by atoms with E-state index in [2.05, 4.69) is 4.99 Å². The summed E-state index contributed by atoms with van der Waals surface area (Å²) in [6.07, 6.45) is 2.30. The number of phenolic OH excluding ortho intramolecular Hbond substituents is 1. The fraction of sp³-hybridized carbons (Fsp3) is 0.222. The van der Waals surface area contributed by atoms with Crippen molar-refractivity contribution >= 4 is 17.7 Å². The molecular weight excluding hydrogens is 297 g/mol. The van der Waals surface area contributed by atoms with Crippen molar-refractivity contribution in [1.82, 2.24) is 0 Å². The maximum Gasteiger partial charge on any atom is 0.180 e. The van der Waals surface area contributed by atoms with Gasteiger partial charge in [-0.1, -0.05) is 19.1 Å². The van der Waals surface area contributed by atoms with Crippen molar-refractivity contribution < 1.29 is 19.0 Å². The molecule has 0 aliphatic carbocycles. The van der Waals surface area contributed by atoms with E-state index in [-0.39, 0.29) is 22.8 Å². The van der Waals surface area contributed by atoms with Crippen LogP contribution in [0.4, 0.5) is 10.1 Å². The number of ketones is 1. The van der Waals surface area contributed by atoms with Crippen LogP contribution in [-0.4, -0.2) is 23.7 Å². The summed E-state index contributed by atoms with van der Waals surface area (Å²) in [5, 5.41) is 9.35. The maximum atomic E-state index is 14.2. The molecule has 1 unspecified atom stereocenters. The summed E-state index contributed by atoms with van der Waals surface area (Å²) >= 11 is 0. The second kappa shape index (κ2) is 6.20. The molecule has 118 valence electrons. The minimum absolute atomic E-state index is 0.0424. The Labute approximate surface area is 133 Å². The number of Topliss-reactive ketones (excluding diaryl/α,β-unsaturated/α-hetero) is 1. The van der Waals surface area contributed by atoms with E-state index >= 15 is 0 Å². The first-order valence-corrected chi connectivity index (χ1v) is 7.44. The lowest BCUT2D eigenvalue weighted by molar-refractivity contribution is 0.0978. The molecule has 0 aromatic heterocycles.